The van der Waals surface area contributed by atoms with Crippen molar-refractivity contribution in [3.05, 3.63) is 23.8 Å². The quantitative estimate of drug-likeness (QED) is 0.675. The van der Waals surface area contributed by atoms with Crippen LogP contribution in [-0.2, 0) is 0 Å². The highest BCUT2D eigenvalue weighted by Gasteiger charge is 2.06. The molecule has 3 nitrogen and oxygen atoms in total. The maximum absolute atomic E-state index is 5.84. The zero-order valence-corrected chi connectivity index (χ0v) is 7.34. The molecule has 1 aromatic carbocycles. The summed E-state index contributed by atoms with van der Waals surface area (Å²) < 4.78 is 1.36. The molecule has 1 heterocycles. The van der Waals surface area contributed by atoms with E-state index in [9.17, 15) is 0 Å². The van der Waals surface area contributed by atoms with Gasteiger partial charge in [-0.15, -0.1) is 0 Å². The average Bonchev–Trinajstić information content (AvgIpc) is 2.32. The second-order valence-electron chi connectivity index (χ2n) is 2.69. The van der Waals surface area contributed by atoms with E-state index in [4.69, 9.17) is 17.5 Å². The molecule has 0 atom stereocenters. The van der Waals surface area contributed by atoms with E-state index in [1.165, 1.54) is 4.09 Å². The summed E-state index contributed by atoms with van der Waals surface area (Å²) in [6.45, 7) is 1.98. The summed E-state index contributed by atoms with van der Waals surface area (Å²) in [6, 6.07) is 5.79. The van der Waals surface area contributed by atoms with Gasteiger partial charge in [0.05, 0.1) is 11.0 Å². The Balaban J connectivity index is 2.95. The van der Waals surface area contributed by atoms with Crippen LogP contribution in [0.5, 0.6) is 0 Å². The zero-order valence-electron chi connectivity index (χ0n) is 6.58. The molecule has 2 rings (SSSR count). The summed E-state index contributed by atoms with van der Waals surface area (Å²) in [5, 5.41) is 0. The molecule has 2 N–H and O–H groups in total. The maximum Gasteiger partial charge on any atom is 0.216 e. The number of anilines is 1. The summed E-state index contributed by atoms with van der Waals surface area (Å²) in [4.78, 5) is 4.12. The van der Waals surface area contributed by atoms with E-state index in [1.807, 2.05) is 25.1 Å². The predicted octanol–water partition coefficient (Wildman–Crippen LogP) is 1.93. The number of hydrogen-bond donors (Lipinski definition) is 1. The highest BCUT2D eigenvalue weighted by Crippen LogP contribution is 2.21. The molecule has 0 amide bonds. The molecule has 0 saturated heterocycles. The number of rotatable bonds is 0. The summed E-state index contributed by atoms with van der Waals surface area (Å²) in [7, 11) is 0. The van der Waals surface area contributed by atoms with Gasteiger partial charge in [0.25, 0.3) is 0 Å². The Morgan fingerprint density at radius 1 is 1.50 bits per heavy atom. The van der Waals surface area contributed by atoms with E-state index >= 15 is 0 Å². The fourth-order valence-corrected chi connectivity index (χ4v) is 1.40. The largest absolute Gasteiger partial charge is 0.368 e. The topological polar surface area (TPSA) is 43.8 Å². The van der Waals surface area contributed by atoms with Crippen LogP contribution in [0.2, 0.25) is 0 Å². The Morgan fingerprint density at radius 3 is 2.92 bits per heavy atom. The molecular weight excluding hydrogens is 174 g/mol. The molecule has 0 spiro atoms. The number of imidazole rings is 1. The number of nitrogens with two attached hydrogens (primary N) is 1. The van der Waals surface area contributed by atoms with Gasteiger partial charge < -0.3 is 5.73 Å². The molecule has 0 aliphatic rings. The molecule has 4 heteroatoms. The molecule has 0 fully saturated rings. The average molecular weight is 182 g/mol. The van der Waals surface area contributed by atoms with Gasteiger partial charge in [0.15, 0.2) is 0 Å². The van der Waals surface area contributed by atoms with Gasteiger partial charge in [-0.2, -0.15) is 0 Å². The maximum atomic E-state index is 5.84. The highest BCUT2D eigenvalue weighted by molar-refractivity contribution is 6.20. The van der Waals surface area contributed by atoms with Crippen LogP contribution in [0.1, 0.15) is 5.56 Å². The van der Waals surface area contributed by atoms with Crippen LogP contribution >= 0.6 is 11.8 Å². The summed E-state index contributed by atoms with van der Waals surface area (Å²) >= 11 is 5.84. The minimum Gasteiger partial charge on any atom is -0.368 e. The molecule has 0 radical (unpaired) electrons. The van der Waals surface area contributed by atoms with E-state index in [-0.39, 0.29) is 0 Å². The van der Waals surface area contributed by atoms with Gasteiger partial charge in [-0.25, -0.2) is 9.07 Å². The fraction of sp³-hybridized carbons (Fsp3) is 0.125. The fourth-order valence-electron chi connectivity index (χ4n) is 1.23. The molecule has 0 saturated carbocycles. The smallest absolute Gasteiger partial charge is 0.216 e. The van der Waals surface area contributed by atoms with Gasteiger partial charge in [-0.05, 0) is 18.6 Å². The Bertz CT molecular complexity index is 433. The second-order valence-corrected chi connectivity index (χ2v) is 3.03. The first kappa shape index (κ1) is 7.43. The van der Waals surface area contributed by atoms with Gasteiger partial charge in [0, 0.05) is 11.8 Å². The Labute approximate surface area is 74.9 Å². The zero-order chi connectivity index (χ0) is 8.72. The Hall–Kier alpha value is -1.22. The first-order chi connectivity index (χ1) is 5.70. The normalized spacial score (nSPS) is 10.8. The lowest BCUT2D eigenvalue weighted by molar-refractivity contribution is 1.26. The van der Waals surface area contributed by atoms with E-state index in [0.29, 0.717) is 5.95 Å². The Kier molecular flexibility index (Phi) is 1.48. The van der Waals surface area contributed by atoms with Crippen LogP contribution in [0, 0.1) is 6.92 Å². The number of nitrogen functional groups attached to an aromatic ring is 1. The lowest BCUT2D eigenvalue weighted by Gasteiger charge is -1.93. The number of nitrogens with zero attached hydrogens (tertiary/aromatic N) is 2. The van der Waals surface area contributed by atoms with Gasteiger partial charge in [-0.3, -0.25) is 0 Å². The number of halogens is 1. The molecule has 0 aliphatic carbocycles. The van der Waals surface area contributed by atoms with Crippen molar-refractivity contribution in [2.45, 2.75) is 6.92 Å². The third kappa shape index (κ3) is 0.865. The number of aryl methyl sites for hydroxylation is 1. The Morgan fingerprint density at radius 2 is 2.25 bits per heavy atom. The van der Waals surface area contributed by atoms with E-state index in [1.54, 1.807) is 0 Å². The van der Waals surface area contributed by atoms with E-state index < -0.39 is 0 Å². The minimum absolute atomic E-state index is 0.334. The van der Waals surface area contributed by atoms with Crippen LogP contribution in [0.15, 0.2) is 18.2 Å². The van der Waals surface area contributed by atoms with Gasteiger partial charge in [0.2, 0.25) is 5.95 Å². The second kappa shape index (κ2) is 2.38. The molecule has 0 aliphatic heterocycles. The number of para-hydroxylation sites is 1. The van der Waals surface area contributed by atoms with E-state index in [2.05, 4.69) is 4.98 Å². The molecule has 0 bridgehead atoms. The van der Waals surface area contributed by atoms with Crippen molar-refractivity contribution in [2.24, 2.45) is 0 Å². The number of hydrogen-bond acceptors (Lipinski definition) is 2. The number of benzene rings is 1. The van der Waals surface area contributed by atoms with Crippen molar-refractivity contribution >= 4 is 28.8 Å². The van der Waals surface area contributed by atoms with Crippen LogP contribution in [0.25, 0.3) is 11.0 Å². The van der Waals surface area contributed by atoms with Crippen LogP contribution in [0.4, 0.5) is 5.95 Å². The molecule has 0 unspecified atom stereocenters. The van der Waals surface area contributed by atoms with Crippen LogP contribution in [-0.4, -0.2) is 9.07 Å². The third-order valence-electron chi connectivity index (χ3n) is 1.86. The molecule has 62 valence electrons. The van der Waals surface area contributed by atoms with E-state index in [0.717, 1.165) is 16.6 Å². The standard InChI is InChI=1S/C8H8ClN3/c1-5-3-2-4-6-7(5)11-8(10)12(6)9/h2-4H,1H3,(H2,10,11). The van der Waals surface area contributed by atoms with Crippen molar-refractivity contribution in [2.75, 3.05) is 5.73 Å². The molecule has 1 aromatic heterocycles. The number of fused-ring (bicyclic) bond motifs is 1. The van der Waals surface area contributed by atoms with Crippen molar-refractivity contribution < 1.29 is 0 Å². The van der Waals surface area contributed by atoms with Crippen molar-refractivity contribution in [1.82, 2.24) is 9.07 Å². The lowest BCUT2D eigenvalue weighted by atomic mass is 10.2. The van der Waals surface area contributed by atoms with Crippen molar-refractivity contribution in [3.63, 3.8) is 0 Å². The molecule has 12 heavy (non-hydrogen) atoms. The van der Waals surface area contributed by atoms with Crippen molar-refractivity contribution in [3.8, 4) is 0 Å². The highest BCUT2D eigenvalue weighted by atomic mass is 35.5. The SMILES string of the molecule is Cc1cccc2c1nc(N)n2Cl. The van der Waals surface area contributed by atoms with Crippen LogP contribution < -0.4 is 5.73 Å². The van der Waals surface area contributed by atoms with Crippen molar-refractivity contribution in [1.29, 1.82) is 0 Å². The third-order valence-corrected chi connectivity index (χ3v) is 2.21. The molecular formula is C8H8ClN3. The van der Waals surface area contributed by atoms with Gasteiger partial charge in [-0.1, -0.05) is 12.1 Å². The summed E-state index contributed by atoms with van der Waals surface area (Å²) in [5.41, 5.74) is 8.34. The van der Waals surface area contributed by atoms with Gasteiger partial charge in [0.1, 0.15) is 0 Å². The predicted molar refractivity (Wildman–Crippen MR) is 50.1 cm³/mol. The first-order valence-electron chi connectivity index (χ1n) is 3.60. The minimum atomic E-state index is 0.334. The summed E-state index contributed by atoms with van der Waals surface area (Å²) in [6.07, 6.45) is 0. The van der Waals surface area contributed by atoms with Gasteiger partial charge >= 0.3 is 0 Å². The first-order valence-corrected chi connectivity index (χ1v) is 3.93. The summed E-state index contributed by atoms with van der Waals surface area (Å²) in [5.74, 6) is 0.334. The lowest BCUT2D eigenvalue weighted by Crippen LogP contribution is -1.90. The molecule has 2 aromatic rings. The number of aromatic nitrogens is 2. The van der Waals surface area contributed by atoms with Crippen LogP contribution in [0.3, 0.4) is 0 Å². The monoisotopic (exact) mass is 181 g/mol.